The molecule has 1 rings (SSSR count). The average molecular weight is 238 g/mol. The van der Waals surface area contributed by atoms with Crippen LogP contribution >= 0.6 is 0 Å². The molecule has 0 amide bonds. The van der Waals surface area contributed by atoms with Gasteiger partial charge in [0.25, 0.3) is 0 Å². The molecule has 2 nitrogen and oxygen atoms in total. The van der Waals surface area contributed by atoms with Gasteiger partial charge in [0.1, 0.15) is 10.7 Å². The van der Waals surface area contributed by atoms with Crippen LogP contribution in [0.1, 0.15) is 11.1 Å². The zero-order valence-electron chi connectivity index (χ0n) is 8.36. The van der Waals surface area contributed by atoms with Gasteiger partial charge in [0, 0.05) is 17.4 Å². The van der Waals surface area contributed by atoms with Gasteiger partial charge in [0.05, 0.1) is 0 Å². The smallest absolute Gasteiger partial charge is 0.178 e. The molecule has 0 heterocycles. The van der Waals surface area contributed by atoms with Gasteiger partial charge in [0.15, 0.2) is 21.5 Å². The Kier molecular flexibility index (Phi) is 2.82. The average Bonchev–Trinajstić information content (AvgIpc) is 2.09. The van der Waals surface area contributed by atoms with Gasteiger partial charge >= 0.3 is 0 Å². The van der Waals surface area contributed by atoms with Crippen LogP contribution in [-0.4, -0.2) is 14.7 Å². The Morgan fingerprint density at radius 1 is 0.867 bits per heavy atom. The van der Waals surface area contributed by atoms with E-state index in [1.54, 1.807) is 0 Å². The summed E-state index contributed by atoms with van der Waals surface area (Å²) in [7, 11) is -3.98. The molecule has 0 radical (unpaired) electrons. The van der Waals surface area contributed by atoms with Crippen molar-refractivity contribution in [3.05, 3.63) is 28.6 Å². The van der Waals surface area contributed by atoms with E-state index >= 15 is 0 Å². The van der Waals surface area contributed by atoms with E-state index in [2.05, 4.69) is 0 Å². The number of hydrogen-bond donors (Lipinski definition) is 0. The van der Waals surface area contributed by atoms with Crippen LogP contribution in [0.15, 0.2) is 4.90 Å². The molecule has 84 valence electrons. The van der Waals surface area contributed by atoms with Crippen LogP contribution in [0.2, 0.25) is 0 Å². The molecule has 1 aromatic rings. The van der Waals surface area contributed by atoms with E-state index in [4.69, 9.17) is 0 Å². The van der Waals surface area contributed by atoms with E-state index in [1.165, 1.54) is 0 Å². The molecule has 6 heteroatoms. The van der Waals surface area contributed by atoms with Gasteiger partial charge in [-0.1, -0.05) is 0 Å². The van der Waals surface area contributed by atoms with E-state index in [0.717, 1.165) is 13.8 Å². The van der Waals surface area contributed by atoms with Crippen LogP contribution < -0.4 is 0 Å². The summed E-state index contributed by atoms with van der Waals surface area (Å²) in [6, 6.07) is 0. The Labute approximate surface area is 85.6 Å². The molecule has 1 aromatic carbocycles. The largest absolute Gasteiger partial charge is 0.224 e. The second kappa shape index (κ2) is 3.52. The molecular formula is C9H9F3O2S. The number of halogens is 3. The predicted molar refractivity (Wildman–Crippen MR) is 48.9 cm³/mol. The highest BCUT2D eigenvalue weighted by Gasteiger charge is 2.26. The van der Waals surface area contributed by atoms with Crippen molar-refractivity contribution < 1.29 is 21.6 Å². The fraction of sp³-hybridized carbons (Fsp3) is 0.333. The number of rotatable bonds is 1. The minimum atomic E-state index is -3.98. The molecule has 0 N–H and O–H groups in total. The first kappa shape index (κ1) is 12.0. The standard InChI is InChI=1S/C9H9F3O2S/c1-4-6(10)5(2)9(15(3,13)14)8(12)7(4)11/h1-3H3. The van der Waals surface area contributed by atoms with Gasteiger partial charge in [-0.25, -0.2) is 21.6 Å². The van der Waals surface area contributed by atoms with Gasteiger partial charge in [-0.2, -0.15) is 0 Å². The molecule has 0 aliphatic carbocycles. The fourth-order valence-corrected chi connectivity index (χ4v) is 2.41. The second-order valence-corrected chi connectivity index (χ2v) is 5.25. The topological polar surface area (TPSA) is 34.1 Å². The summed E-state index contributed by atoms with van der Waals surface area (Å²) in [5.41, 5.74) is -0.911. The highest BCUT2D eigenvalue weighted by Crippen LogP contribution is 2.27. The minimum Gasteiger partial charge on any atom is -0.224 e. The van der Waals surface area contributed by atoms with E-state index in [-0.39, 0.29) is 0 Å². The van der Waals surface area contributed by atoms with Crippen LogP contribution in [0.4, 0.5) is 13.2 Å². The van der Waals surface area contributed by atoms with Crippen molar-refractivity contribution >= 4 is 9.84 Å². The van der Waals surface area contributed by atoms with Crippen molar-refractivity contribution in [2.45, 2.75) is 18.7 Å². The molecule has 0 unspecified atom stereocenters. The molecule has 0 fully saturated rings. The third kappa shape index (κ3) is 1.86. The van der Waals surface area contributed by atoms with Crippen molar-refractivity contribution in [3.63, 3.8) is 0 Å². The summed E-state index contributed by atoms with van der Waals surface area (Å²) in [4.78, 5) is -0.914. The molecule has 0 bridgehead atoms. The highest BCUT2D eigenvalue weighted by molar-refractivity contribution is 7.90. The van der Waals surface area contributed by atoms with Crippen molar-refractivity contribution in [2.24, 2.45) is 0 Å². The Hall–Kier alpha value is -1.04. The van der Waals surface area contributed by atoms with Gasteiger partial charge in [-0.15, -0.1) is 0 Å². The predicted octanol–water partition coefficient (Wildman–Crippen LogP) is 2.12. The summed E-state index contributed by atoms with van der Waals surface area (Å²) in [6.07, 6.45) is 0.701. The van der Waals surface area contributed by atoms with E-state index < -0.39 is 43.3 Å². The van der Waals surface area contributed by atoms with Crippen molar-refractivity contribution in [3.8, 4) is 0 Å². The fourth-order valence-electron chi connectivity index (χ4n) is 1.35. The molecule has 0 spiro atoms. The first-order valence-electron chi connectivity index (χ1n) is 4.01. The SMILES string of the molecule is Cc1c(F)c(C)c(S(C)(=O)=O)c(F)c1F. The molecule has 0 saturated heterocycles. The minimum absolute atomic E-state index is 0.395. The number of sulfone groups is 1. The van der Waals surface area contributed by atoms with Gasteiger partial charge < -0.3 is 0 Å². The lowest BCUT2D eigenvalue weighted by molar-refractivity contribution is 0.459. The quantitative estimate of drug-likeness (QED) is 0.702. The van der Waals surface area contributed by atoms with Crippen LogP contribution in [-0.2, 0) is 9.84 Å². The zero-order valence-corrected chi connectivity index (χ0v) is 9.18. The van der Waals surface area contributed by atoms with E-state index in [0.29, 0.717) is 6.26 Å². The van der Waals surface area contributed by atoms with Gasteiger partial charge in [-0.05, 0) is 13.8 Å². The first-order chi connectivity index (χ1) is 6.68. The molecule has 0 aromatic heterocycles. The number of benzene rings is 1. The normalized spacial score (nSPS) is 11.9. The van der Waals surface area contributed by atoms with Crippen LogP contribution in [0, 0.1) is 31.3 Å². The monoisotopic (exact) mass is 238 g/mol. The third-order valence-electron chi connectivity index (χ3n) is 2.09. The first-order valence-corrected chi connectivity index (χ1v) is 5.90. The molecule has 0 aliphatic heterocycles. The Morgan fingerprint density at radius 3 is 1.73 bits per heavy atom. The Bertz CT molecular complexity index is 492. The summed E-state index contributed by atoms with van der Waals surface area (Å²) < 4.78 is 61.9. The van der Waals surface area contributed by atoms with Crippen LogP contribution in [0.5, 0.6) is 0 Å². The zero-order chi connectivity index (χ0) is 12.0. The van der Waals surface area contributed by atoms with E-state index in [9.17, 15) is 21.6 Å². The molecule has 15 heavy (non-hydrogen) atoms. The summed E-state index contributed by atoms with van der Waals surface area (Å²) in [5.74, 6) is -4.01. The third-order valence-corrected chi connectivity index (χ3v) is 3.32. The lowest BCUT2D eigenvalue weighted by Gasteiger charge is -2.09. The molecule has 0 atom stereocenters. The lowest BCUT2D eigenvalue weighted by atomic mass is 10.1. The molecular weight excluding hydrogens is 229 g/mol. The maximum atomic E-state index is 13.3. The molecule has 0 aliphatic rings. The molecule has 0 saturated carbocycles. The van der Waals surface area contributed by atoms with Crippen molar-refractivity contribution in [1.29, 1.82) is 0 Å². The van der Waals surface area contributed by atoms with Crippen LogP contribution in [0.25, 0.3) is 0 Å². The Morgan fingerprint density at radius 2 is 1.33 bits per heavy atom. The Balaban J connectivity index is 3.84. The second-order valence-electron chi connectivity index (χ2n) is 3.29. The van der Waals surface area contributed by atoms with Gasteiger partial charge in [0.2, 0.25) is 0 Å². The lowest BCUT2D eigenvalue weighted by Crippen LogP contribution is -2.10. The van der Waals surface area contributed by atoms with Crippen LogP contribution in [0.3, 0.4) is 0 Å². The summed E-state index contributed by atoms with van der Waals surface area (Å²) in [5, 5.41) is 0. The maximum absolute atomic E-state index is 13.3. The number of hydrogen-bond acceptors (Lipinski definition) is 2. The summed E-state index contributed by atoms with van der Waals surface area (Å²) >= 11 is 0. The van der Waals surface area contributed by atoms with Gasteiger partial charge in [-0.3, -0.25) is 0 Å². The van der Waals surface area contributed by atoms with E-state index in [1.807, 2.05) is 0 Å². The maximum Gasteiger partial charge on any atom is 0.178 e. The summed E-state index contributed by atoms with van der Waals surface area (Å²) in [6.45, 7) is 2.15. The van der Waals surface area contributed by atoms with Crippen molar-refractivity contribution in [2.75, 3.05) is 6.26 Å². The highest BCUT2D eigenvalue weighted by atomic mass is 32.2. The van der Waals surface area contributed by atoms with Crippen molar-refractivity contribution in [1.82, 2.24) is 0 Å².